The molecule has 0 bridgehead atoms. The maximum atomic E-state index is 12.7. The van der Waals surface area contributed by atoms with Crippen molar-refractivity contribution < 1.29 is 28.5 Å². The fourth-order valence-corrected chi connectivity index (χ4v) is 3.61. The minimum Gasteiger partial charge on any atom is -0.497 e. The lowest BCUT2D eigenvalue weighted by Gasteiger charge is -2.14. The van der Waals surface area contributed by atoms with Crippen LogP contribution in [-0.4, -0.2) is 49.9 Å². The first-order valence-corrected chi connectivity index (χ1v) is 9.65. The third-order valence-electron chi connectivity index (χ3n) is 5.25. The molecule has 3 rings (SSSR count). The highest BCUT2D eigenvalue weighted by molar-refractivity contribution is 6.01. The summed E-state index contributed by atoms with van der Waals surface area (Å²) in [4.78, 5) is 25.1. The van der Waals surface area contributed by atoms with E-state index in [9.17, 15) is 9.59 Å². The Hall–Kier alpha value is -2.80. The standard InChI is InChI=1S/C22H27NO6/c1-14-10-19(15(2)23(14)12-17-6-5-9-28-17)20(24)13-29-22(25)18-8-7-16(26-3)11-21(18)27-4/h7-8,10-11,17H,5-6,9,12-13H2,1-4H3/t17-/m0/s1. The molecule has 1 aromatic heterocycles. The van der Waals surface area contributed by atoms with Gasteiger partial charge in [0.05, 0.1) is 20.3 Å². The fraction of sp³-hybridized carbons (Fsp3) is 0.455. The van der Waals surface area contributed by atoms with Gasteiger partial charge >= 0.3 is 5.97 Å². The lowest BCUT2D eigenvalue weighted by molar-refractivity contribution is 0.0471. The van der Waals surface area contributed by atoms with E-state index in [-0.39, 0.29) is 24.1 Å². The van der Waals surface area contributed by atoms with E-state index in [1.807, 2.05) is 19.9 Å². The predicted octanol–water partition coefficient (Wildman–Crippen LogP) is 3.34. The van der Waals surface area contributed by atoms with Crippen LogP contribution in [0.1, 0.15) is 44.9 Å². The van der Waals surface area contributed by atoms with Crippen molar-refractivity contribution in [3.63, 3.8) is 0 Å². The Morgan fingerprint density at radius 2 is 1.93 bits per heavy atom. The summed E-state index contributed by atoms with van der Waals surface area (Å²) in [5, 5.41) is 0. The molecule has 156 valence electrons. The van der Waals surface area contributed by atoms with Crippen LogP contribution in [-0.2, 0) is 16.0 Å². The molecule has 0 amide bonds. The topological polar surface area (TPSA) is 76.0 Å². The van der Waals surface area contributed by atoms with Gasteiger partial charge in [-0.2, -0.15) is 0 Å². The lowest BCUT2D eigenvalue weighted by Crippen LogP contribution is -2.18. The first-order valence-electron chi connectivity index (χ1n) is 9.65. The van der Waals surface area contributed by atoms with Gasteiger partial charge in [0.15, 0.2) is 6.61 Å². The SMILES string of the molecule is COc1ccc(C(=O)OCC(=O)c2cc(C)n(C[C@@H]3CCCO3)c2C)c(OC)c1. The van der Waals surface area contributed by atoms with Gasteiger partial charge in [0.1, 0.15) is 17.1 Å². The van der Waals surface area contributed by atoms with Gasteiger partial charge < -0.3 is 23.5 Å². The first kappa shape index (κ1) is 20.9. The van der Waals surface area contributed by atoms with Crippen LogP contribution >= 0.6 is 0 Å². The van der Waals surface area contributed by atoms with E-state index in [0.29, 0.717) is 17.1 Å². The van der Waals surface area contributed by atoms with Crippen LogP contribution in [0.5, 0.6) is 11.5 Å². The second kappa shape index (κ2) is 9.13. The fourth-order valence-electron chi connectivity index (χ4n) is 3.61. The van der Waals surface area contributed by atoms with Crippen molar-refractivity contribution in [1.29, 1.82) is 0 Å². The van der Waals surface area contributed by atoms with E-state index in [1.54, 1.807) is 18.2 Å². The van der Waals surface area contributed by atoms with Crippen LogP contribution in [0.4, 0.5) is 0 Å². The van der Waals surface area contributed by atoms with Gasteiger partial charge in [-0.25, -0.2) is 4.79 Å². The zero-order valence-electron chi connectivity index (χ0n) is 17.3. The molecule has 1 fully saturated rings. The normalized spacial score (nSPS) is 15.9. The van der Waals surface area contributed by atoms with Crippen LogP contribution in [0.2, 0.25) is 0 Å². The van der Waals surface area contributed by atoms with E-state index in [2.05, 4.69) is 4.57 Å². The number of carbonyl (C=O) groups is 2. The van der Waals surface area contributed by atoms with Gasteiger partial charge in [-0.3, -0.25) is 4.79 Å². The van der Waals surface area contributed by atoms with Crippen molar-refractivity contribution >= 4 is 11.8 Å². The van der Waals surface area contributed by atoms with Gasteiger partial charge in [-0.15, -0.1) is 0 Å². The largest absolute Gasteiger partial charge is 0.497 e. The second-order valence-corrected chi connectivity index (χ2v) is 7.10. The molecule has 1 atom stereocenters. The number of carbonyl (C=O) groups excluding carboxylic acids is 2. The van der Waals surface area contributed by atoms with Crippen molar-refractivity contribution in [3.8, 4) is 11.5 Å². The van der Waals surface area contributed by atoms with Crippen molar-refractivity contribution in [1.82, 2.24) is 4.57 Å². The summed E-state index contributed by atoms with van der Waals surface area (Å²) in [5.74, 6) is 0.0354. The summed E-state index contributed by atoms with van der Waals surface area (Å²) in [7, 11) is 2.99. The Morgan fingerprint density at radius 3 is 2.59 bits per heavy atom. The highest BCUT2D eigenvalue weighted by Gasteiger charge is 2.22. The minimum absolute atomic E-state index is 0.183. The molecule has 1 aliphatic rings. The maximum absolute atomic E-state index is 12.7. The first-order chi connectivity index (χ1) is 13.9. The molecule has 2 heterocycles. The third-order valence-corrected chi connectivity index (χ3v) is 5.25. The van der Waals surface area contributed by atoms with Crippen LogP contribution < -0.4 is 9.47 Å². The molecule has 1 aromatic carbocycles. The molecule has 0 saturated carbocycles. The summed E-state index contributed by atoms with van der Waals surface area (Å²) < 4.78 is 23.4. The maximum Gasteiger partial charge on any atom is 0.342 e. The number of esters is 1. The third kappa shape index (κ3) is 4.62. The number of hydrogen-bond donors (Lipinski definition) is 0. The van der Waals surface area contributed by atoms with Crippen LogP contribution in [0.3, 0.4) is 0 Å². The lowest BCUT2D eigenvalue weighted by atomic mass is 10.1. The predicted molar refractivity (Wildman–Crippen MR) is 107 cm³/mol. The highest BCUT2D eigenvalue weighted by Crippen LogP contribution is 2.25. The molecular weight excluding hydrogens is 374 g/mol. The number of rotatable bonds is 8. The number of aryl methyl sites for hydroxylation is 1. The Balaban J connectivity index is 1.67. The highest BCUT2D eigenvalue weighted by atomic mass is 16.5. The molecule has 1 aliphatic heterocycles. The van der Waals surface area contributed by atoms with Crippen molar-refractivity contribution in [2.24, 2.45) is 0 Å². The van der Waals surface area contributed by atoms with Crippen molar-refractivity contribution in [2.75, 3.05) is 27.4 Å². The number of ketones is 1. The molecule has 7 heteroatoms. The average molecular weight is 401 g/mol. The molecule has 0 aliphatic carbocycles. The van der Waals surface area contributed by atoms with Crippen LogP contribution in [0.15, 0.2) is 24.3 Å². The summed E-state index contributed by atoms with van der Waals surface area (Å²) in [5.41, 5.74) is 2.66. The van der Waals surface area contributed by atoms with E-state index in [0.717, 1.165) is 37.4 Å². The smallest absolute Gasteiger partial charge is 0.342 e. The van der Waals surface area contributed by atoms with Crippen LogP contribution in [0.25, 0.3) is 0 Å². The van der Waals surface area contributed by atoms with Gasteiger partial charge in [0.2, 0.25) is 5.78 Å². The zero-order valence-corrected chi connectivity index (χ0v) is 17.3. The molecule has 0 N–H and O–H groups in total. The zero-order chi connectivity index (χ0) is 21.0. The number of ether oxygens (including phenoxy) is 4. The molecule has 0 radical (unpaired) electrons. The van der Waals surface area contributed by atoms with Gasteiger partial charge in [0, 0.05) is 36.2 Å². The Kier molecular flexibility index (Phi) is 6.59. The molecular formula is C22H27NO6. The van der Waals surface area contributed by atoms with E-state index < -0.39 is 5.97 Å². The number of methoxy groups -OCH3 is 2. The van der Waals surface area contributed by atoms with Crippen molar-refractivity contribution in [3.05, 3.63) is 46.8 Å². The summed E-state index contributed by atoms with van der Waals surface area (Å²) >= 11 is 0. The van der Waals surface area contributed by atoms with Crippen molar-refractivity contribution in [2.45, 2.75) is 39.3 Å². The summed E-state index contributed by atoms with van der Waals surface area (Å²) in [6.07, 6.45) is 2.28. The Labute approximate surface area is 170 Å². The Morgan fingerprint density at radius 1 is 1.14 bits per heavy atom. The molecule has 1 saturated heterocycles. The number of hydrogen-bond acceptors (Lipinski definition) is 6. The van der Waals surface area contributed by atoms with Gasteiger partial charge in [-0.1, -0.05) is 0 Å². The van der Waals surface area contributed by atoms with E-state index >= 15 is 0 Å². The average Bonchev–Trinajstić information content (AvgIpc) is 3.35. The van der Waals surface area contributed by atoms with E-state index in [4.69, 9.17) is 18.9 Å². The van der Waals surface area contributed by atoms with Crippen LogP contribution in [0, 0.1) is 13.8 Å². The van der Waals surface area contributed by atoms with Gasteiger partial charge in [-0.05, 0) is 44.9 Å². The molecule has 7 nitrogen and oxygen atoms in total. The second-order valence-electron chi connectivity index (χ2n) is 7.10. The molecule has 29 heavy (non-hydrogen) atoms. The number of aromatic nitrogens is 1. The number of Topliss-reactive ketones (excluding diaryl/α,β-unsaturated/α-hetero) is 1. The molecule has 0 spiro atoms. The quantitative estimate of drug-likeness (QED) is 0.499. The summed E-state index contributed by atoms with van der Waals surface area (Å²) in [6.45, 7) is 5.06. The monoisotopic (exact) mass is 401 g/mol. The number of benzene rings is 1. The Bertz CT molecular complexity index is 895. The van der Waals surface area contributed by atoms with E-state index in [1.165, 1.54) is 14.2 Å². The van der Waals surface area contributed by atoms with Gasteiger partial charge in [0.25, 0.3) is 0 Å². The molecule has 0 unspecified atom stereocenters. The minimum atomic E-state index is -0.619. The number of nitrogens with zero attached hydrogens (tertiary/aromatic N) is 1. The summed E-state index contributed by atoms with van der Waals surface area (Å²) in [6, 6.07) is 6.63. The molecule has 2 aromatic rings.